The monoisotopic (exact) mass is 254 g/mol. The van der Waals surface area contributed by atoms with Gasteiger partial charge < -0.3 is 4.74 Å². The van der Waals surface area contributed by atoms with Crippen LogP contribution in [0.5, 0.6) is 0 Å². The molecule has 2 atom stereocenters. The first-order valence-corrected chi connectivity index (χ1v) is 7.82. The highest BCUT2D eigenvalue weighted by Crippen LogP contribution is 2.26. The van der Waals surface area contributed by atoms with Gasteiger partial charge in [0.25, 0.3) is 0 Å². The van der Waals surface area contributed by atoms with E-state index in [0.717, 1.165) is 18.7 Å². The fourth-order valence-corrected chi connectivity index (χ4v) is 3.55. The number of hydrogen-bond donors (Lipinski definition) is 0. The Morgan fingerprint density at radius 2 is 2.06 bits per heavy atom. The van der Waals surface area contributed by atoms with Gasteiger partial charge in [-0.25, -0.2) is 0 Å². The van der Waals surface area contributed by atoms with Gasteiger partial charge in [-0.3, -0.25) is 9.80 Å². The molecule has 2 aliphatic heterocycles. The maximum absolute atomic E-state index is 5.11. The lowest BCUT2D eigenvalue weighted by Crippen LogP contribution is -2.55. The quantitative estimate of drug-likeness (QED) is 0.649. The van der Waals surface area contributed by atoms with Crippen LogP contribution < -0.4 is 0 Å². The summed E-state index contributed by atoms with van der Waals surface area (Å²) in [5, 5.41) is 0. The lowest BCUT2D eigenvalue weighted by Gasteiger charge is -2.43. The van der Waals surface area contributed by atoms with Gasteiger partial charge in [0.15, 0.2) is 0 Å². The molecule has 0 spiro atoms. The summed E-state index contributed by atoms with van der Waals surface area (Å²) in [5.41, 5.74) is 0. The zero-order valence-corrected chi connectivity index (χ0v) is 12.2. The normalized spacial score (nSPS) is 29.7. The van der Waals surface area contributed by atoms with Crippen LogP contribution in [0.2, 0.25) is 0 Å². The molecule has 2 aliphatic rings. The van der Waals surface area contributed by atoms with E-state index in [1.165, 1.54) is 64.7 Å². The molecule has 2 fully saturated rings. The van der Waals surface area contributed by atoms with Crippen molar-refractivity contribution >= 4 is 0 Å². The molecule has 3 heteroatoms. The van der Waals surface area contributed by atoms with Crippen LogP contribution in [0.4, 0.5) is 0 Å². The molecule has 2 rings (SSSR count). The third-order valence-electron chi connectivity index (χ3n) is 4.67. The highest BCUT2D eigenvalue weighted by Gasteiger charge is 2.34. The Morgan fingerprint density at radius 1 is 1.17 bits per heavy atom. The molecule has 2 heterocycles. The van der Waals surface area contributed by atoms with Crippen molar-refractivity contribution in [3.8, 4) is 0 Å². The molecule has 3 nitrogen and oxygen atoms in total. The zero-order chi connectivity index (χ0) is 12.8. The molecule has 0 saturated carbocycles. The molecule has 0 aromatic rings. The second-order valence-corrected chi connectivity index (χ2v) is 5.90. The summed E-state index contributed by atoms with van der Waals surface area (Å²) >= 11 is 0. The fourth-order valence-electron chi connectivity index (χ4n) is 3.55. The molecular formula is C15H30N2O. The molecule has 18 heavy (non-hydrogen) atoms. The molecule has 0 amide bonds. The Bertz CT molecular complexity index is 235. The molecular weight excluding hydrogens is 224 g/mol. The van der Waals surface area contributed by atoms with Gasteiger partial charge in [-0.1, -0.05) is 6.92 Å². The third-order valence-corrected chi connectivity index (χ3v) is 4.67. The first kappa shape index (κ1) is 14.3. The van der Waals surface area contributed by atoms with Gasteiger partial charge in [0.2, 0.25) is 0 Å². The van der Waals surface area contributed by atoms with Crippen LogP contribution in [0.25, 0.3) is 0 Å². The van der Waals surface area contributed by atoms with E-state index in [2.05, 4.69) is 16.7 Å². The van der Waals surface area contributed by atoms with Crippen molar-refractivity contribution in [1.29, 1.82) is 0 Å². The molecule has 0 aromatic carbocycles. The number of nitrogens with zero attached hydrogens (tertiary/aromatic N) is 2. The Morgan fingerprint density at radius 3 is 2.83 bits per heavy atom. The van der Waals surface area contributed by atoms with Crippen molar-refractivity contribution < 1.29 is 4.74 Å². The van der Waals surface area contributed by atoms with Gasteiger partial charge in [-0.15, -0.1) is 0 Å². The minimum atomic E-state index is 0.807. The van der Waals surface area contributed by atoms with Gasteiger partial charge in [0.05, 0.1) is 0 Å². The van der Waals surface area contributed by atoms with E-state index in [-0.39, 0.29) is 0 Å². The lowest BCUT2D eigenvalue weighted by atomic mass is 10.0. The number of piperazine rings is 1. The van der Waals surface area contributed by atoms with Crippen LogP contribution in [0.1, 0.15) is 45.4 Å². The zero-order valence-electron chi connectivity index (χ0n) is 12.2. The van der Waals surface area contributed by atoms with Gasteiger partial charge in [-0.2, -0.15) is 0 Å². The van der Waals surface area contributed by atoms with Crippen LogP contribution in [0.15, 0.2) is 0 Å². The first-order chi connectivity index (χ1) is 8.85. The fraction of sp³-hybridized carbons (Fsp3) is 1.00. The van der Waals surface area contributed by atoms with Crippen molar-refractivity contribution in [2.45, 2.75) is 57.5 Å². The lowest BCUT2D eigenvalue weighted by molar-refractivity contribution is 0.0477. The van der Waals surface area contributed by atoms with Crippen LogP contribution >= 0.6 is 0 Å². The van der Waals surface area contributed by atoms with Crippen molar-refractivity contribution in [1.82, 2.24) is 9.80 Å². The first-order valence-electron chi connectivity index (χ1n) is 7.82. The maximum Gasteiger partial charge on any atom is 0.0462 e. The van der Waals surface area contributed by atoms with E-state index < -0.39 is 0 Å². The number of rotatable bonds is 7. The second kappa shape index (κ2) is 7.46. The summed E-state index contributed by atoms with van der Waals surface area (Å²) in [6.45, 7) is 8.56. The molecule has 0 radical (unpaired) electrons. The predicted molar refractivity (Wildman–Crippen MR) is 76.0 cm³/mol. The standard InChI is InChI=1S/C15H30N2O/c1-3-14-12-17-10-7-8-15(17)13-16(14)9-5-4-6-11-18-2/h14-15H,3-13H2,1-2H3. The van der Waals surface area contributed by atoms with Crippen LogP contribution in [-0.4, -0.2) is 61.8 Å². The summed E-state index contributed by atoms with van der Waals surface area (Å²) < 4.78 is 5.11. The van der Waals surface area contributed by atoms with Gasteiger partial charge >= 0.3 is 0 Å². The summed E-state index contributed by atoms with van der Waals surface area (Å²) in [5.74, 6) is 0. The number of fused-ring (bicyclic) bond motifs is 1. The summed E-state index contributed by atoms with van der Waals surface area (Å²) in [7, 11) is 1.80. The number of hydrogen-bond acceptors (Lipinski definition) is 3. The predicted octanol–water partition coefficient (Wildman–Crippen LogP) is 2.36. The maximum atomic E-state index is 5.11. The van der Waals surface area contributed by atoms with E-state index in [1.54, 1.807) is 7.11 Å². The molecule has 106 valence electrons. The van der Waals surface area contributed by atoms with E-state index in [4.69, 9.17) is 4.74 Å². The largest absolute Gasteiger partial charge is 0.385 e. The summed E-state index contributed by atoms with van der Waals surface area (Å²) in [6.07, 6.45) is 8.03. The number of methoxy groups -OCH3 is 1. The van der Waals surface area contributed by atoms with Gasteiger partial charge in [0.1, 0.15) is 0 Å². The van der Waals surface area contributed by atoms with Crippen LogP contribution in [0.3, 0.4) is 0 Å². The Balaban J connectivity index is 1.71. The molecule has 0 aromatic heterocycles. The minimum absolute atomic E-state index is 0.807. The topological polar surface area (TPSA) is 15.7 Å². The molecule has 2 saturated heterocycles. The SMILES string of the molecule is CCC1CN2CCCC2CN1CCCCCOC. The Labute approximate surface area is 112 Å². The van der Waals surface area contributed by atoms with E-state index in [1.807, 2.05) is 0 Å². The van der Waals surface area contributed by atoms with E-state index in [9.17, 15) is 0 Å². The van der Waals surface area contributed by atoms with Gasteiger partial charge in [0, 0.05) is 38.9 Å². The Kier molecular flexibility index (Phi) is 5.93. The molecule has 2 unspecified atom stereocenters. The van der Waals surface area contributed by atoms with Crippen LogP contribution in [0, 0.1) is 0 Å². The van der Waals surface area contributed by atoms with Crippen molar-refractivity contribution in [3.05, 3.63) is 0 Å². The van der Waals surface area contributed by atoms with E-state index >= 15 is 0 Å². The van der Waals surface area contributed by atoms with Crippen molar-refractivity contribution in [3.63, 3.8) is 0 Å². The smallest absolute Gasteiger partial charge is 0.0462 e. The minimum Gasteiger partial charge on any atom is -0.385 e. The summed E-state index contributed by atoms with van der Waals surface area (Å²) in [4.78, 5) is 5.49. The average Bonchev–Trinajstić information content (AvgIpc) is 2.84. The number of unbranched alkanes of at least 4 members (excludes halogenated alkanes) is 2. The second-order valence-electron chi connectivity index (χ2n) is 5.90. The van der Waals surface area contributed by atoms with Gasteiger partial charge in [-0.05, 0) is 51.6 Å². The molecule has 0 aliphatic carbocycles. The molecule has 0 bridgehead atoms. The third kappa shape index (κ3) is 3.69. The average molecular weight is 254 g/mol. The van der Waals surface area contributed by atoms with Crippen molar-refractivity contribution in [2.75, 3.05) is 39.9 Å². The van der Waals surface area contributed by atoms with E-state index in [0.29, 0.717) is 0 Å². The Hall–Kier alpha value is -0.120. The van der Waals surface area contributed by atoms with Crippen molar-refractivity contribution in [2.24, 2.45) is 0 Å². The summed E-state index contributed by atoms with van der Waals surface area (Å²) in [6, 6.07) is 1.67. The number of ether oxygens (including phenoxy) is 1. The highest BCUT2D eigenvalue weighted by molar-refractivity contribution is 4.91. The molecule has 0 N–H and O–H groups in total. The van der Waals surface area contributed by atoms with Crippen LogP contribution in [-0.2, 0) is 4.74 Å². The highest BCUT2D eigenvalue weighted by atomic mass is 16.5.